The molecule has 1 atom stereocenters. The van der Waals surface area contributed by atoms with Crippen LogP contribution >= 0.6 is 0 Å². The molecular weight excluding hydrogens is 152 g/mol. The van der Waals surface area contributed by atoms with Gasteiger partial charge in [-0.05, 0) is 24.7 Å². The summed E-state index contributed by atoms with van der Waals surface area (Å²) in [6.45, 7) is 3.64. The number of hydrogen-bond acceptors (Lipinski definition) is 3. The summed E-state index contributed by atoms with van der Waals surface area (Å²) < 4.78 is 5.35. The zero-order chi connectivity index (χ0) is 8.44. The van der Waals surface area contributed by atoms with Crippen molar-refractivity contribution in [1.29, 1.82) is 0 Å². The van der Waals surface area contributed by atoms with E-state index in [9.17, 15) is 0 Å². The van der Waals surface area contributed by atoms with Crippen LogP contribution in [0.4, 0.5) is 0 Å². The van der Waals surface area contributed by atoms with E-state index in [4.69, 9.17) is 10.5 Å². The summed E-state index contributed by atoms with van der Waals surface area (Å²) in [6, 6.07) is 0.741. The van der Waals surface area contributed by atoms with Crippen LogP contribution in [-0.2, 0) is 4.74 Å². The summed E-state index contributed by atoms with van der Waals surface area (Å²) >= 11 is 0. The molecule has 0 aromatic carbocycles. The van der Waals surface area contributed by atoms with Crippen molar-refractivity contribution >= 4 is 0 Å². The standard InChI is InChI=1S/C9H18N2O/c10-3-4-11-8-7-9(8)1-5-12-6-2-9/h8,11H,1-7,10H2. The molecule has 1 saturated heterocycles. The Morgan fingerprint density at radius 1 is 1.42 bits per heavy atom. The molecule has 0 aromatic heterocycles. The van der Waals surface area contributed by atoms with Gasteiger partial charge in [0.15, 0.2) is 0 Å². The molecule has 1 aliphatic heterocycles. The Morgan fingerprint density at radius 2 is 2.17 bits per heavy atom. The maximum Gasteiger partial charge on any atom is 0.0471 e. The van der Waals surface area contributed by atoms with Crippen LogP contribution < -0.4 is 11.1 Å². The Labute approximate surface area is 73.7 Å². The quantitative estimate of drug-likeness (QED) is 0.631. The highest BCUT2D eigenvalue weighted by atomic mass is 16.5. The minimum absolute atomic E-state index is 0.605. The number of ether oxygens (including phenoxy) is 1. The molecule has 0 amide bonds. The van der Waals surface area contributed by atoms with Crippen LogP contribution in [0.5, 0.6) is 0 Å². The van der Waals surface area contributed by atoms with Crippen molar-refractivity contribution in [3.8, 4) is 0 Å². The van der Waals surface area contributed by atoms with Gasteiger partial charge in [0.2, 0.25) is 0 Å². The number of hydrogen-bond donors (Lipinski definition) is 2. The van der Waals surface area contributed by atoms with Crippen molar-refractivity contribution < 1.29 is 4.74 Å². The van der Waals surface area contributed by atoms with Crippen LogP contribution in [0.3, 0.4) is 0 Å². The molecule has 2 rings (SSSR count). The highest BCUT2D eigenvalue weighted by Gasteiger charge is 2.53. The first-order valence-electron chi connectivity index (χ1n) is 4.89. The van der Waals surface area contributed by atoms with Gasteiger partial charge in [0.1, 0.15) is 0 Å². The largest absolute Gasteiger partial charge is 0.381 e. The zero-order valence-electron chi connectivity index (χ0n) is 7.51. The van der Waals surface area contributed by atoms with Gasteiger partial charge in [-0.2, -0.15) is 0 Å². The van der Waals surface area contributed by atoms with Crippen molar-refractivity contribution in [2.75, 3.05) is 26.3 Å². The first-order chi connectivity index (χ1) is 5.87. The third-order valence-electron chi connectivity index (χ3n) is 3.21. The lowest BCUT2D eigenvalue weighted by molar-refractivity contribution is 0.0544. The molecular formula is C9H18N2O. The van der Waals surface area contributed by atoms with Crippen molar-refractivity contribution in [2.24, 2.45) is 11.1 Å². The van der Waals surface area contributed by atoms with E-state index in [2.05, 4.69) is 5.32 Å². The van der Waals surface area contributed by atoms with Gasteiger partial charge in [-0.1, -0.05) is 0 Å². The minimum atomic E-state index is 0.605. The number of rotatable bonds is 3. The van der Waals surface area contributed by atoms with Gasteiger partial charge in [-0.3, -0.25) is 0 Å². The fourth-order valence-corrected chi connectivity index (χ4v) is 2.22. The predicted octanol–water partition coefficient (Wildman–Crippen LogP) is 0.104. The van der Waals surface area contributed by atoms with Crippen LogP contribution in [-0.4, -0.2) is 32.3 Å². The van der Waals surface area contributed by atoms with E-state index in [-0.39, 0.29) is 0 Å². The summed E-state index contributed by atoms with van der Waals surface area (Å²) in [5.74, 6) is 0. The fourth-order valence-electron chi connectivity index (χ4n) is 2.22. The lowest BCUT2D eigenvalue weighted by atomic mass is 9.96. The summed E-state index contributed by atoms with van der Waals surface area (Å²) in [7, 11) is 0. The molecule has 12 heavy (non-hydrogen) atoms. The van der Waals surface area contributed by atoms with Crippen LogP contribution in [0, 0.1) is 5.41 Å². The number of nitrogens with one attached hydrogen (secondary N) is 1. The topological polar surface area (TPSA) is 47.3 Å². The Bertz CT molecular complexity index is 153. The molecule has 0 aromatic rings. The van der Waals surface area contributed by atoms with E-state index in [0.717, 1.165) is 32.3 Å². The first kappa shape index (κ1) is 8.48. The van der Waals surface area contributed by atoms with Gasteiger partial charge in [-0.25, -0.2) is 0 Å². The van der Waals surface area contributed by atoms with E-state index < -0.39 is 0 Å². The molecule has 0 bridgehead atoms. The average Bonchev–Trinajstić information content (AvgIpc) is 2.77. The van der Waals surface area contributed by atoms with Crippen molar-refractivity contribution in [3.63, 3.8) is 0 Å². The Kier molecular flexibility index (Phi) is 2.35. The van der Waals surface area contributed by atoms with E-state index in [0.29, 0.717) is 5.41 Å². The number of nitrogens with two attached hydrogens (primary N) is 1. The predicted molar refractivity (Wildman–Crippen MR) is 47.9 cm³/mol. The Morgan fingerprint density at radius 3 is 2.83 bits per heavy atom. The highest BCUT2D eigenvalue weighted by molar-refractivity contribution is 5.08. The Hall–Kier alpha value is -0.120. The zero-order valence-corrected chi connectivity index (χ0v) is 7.51. The normalized spacial score (nSPS) is 32.2. The second-order valence-corrected chi connectivity index (χ2v) is 3.97. The van der Waals surface area contributed by atoms with Crippen LogP contribution in [0.25, 0.3) is 0 Å². The third-order valence-corrected chi connectivity index (χ3v) is 3.21. The fraction of sp³-hybridized carbons (Fsp3) is 1.00. The molecule has 2 fully saturated rings. The molecule has 1 unspecified atom stereocenters. The van der Waals surface area contributed by atoms with Gasteiger partial charge in [0.05, 0.1) is 0 Å². The molecule has 3 nitrogen and oxygen atoms in total. The molecule has 1 heterocycles. The van der Waals surface area contributed by atoms with Gasteiger partial charge in [-0.15, -0.1) is 0 Å². The Balaban J connectivity index is 1.75. The van der Waals surface area contributed by atoms with Gasteiger partial charge in [0, 0.05) is 32.3 Å². The van der Waals surface area contributed by atoms with Crippen LogP contribution in [0.1, 0.15) is 19.3 Å². The molecule has 70 valence electrons. The van der Waals surface area contributed by atoms with Crippen LogP contribution in [0.2, 0.25) is 0 Å². The summed E-state index contributed by atoms with van der Waals surface area (Å²) in [5, 5.41) is 3.49. The SMILES string of the molecule is NCCNC1CC12CCOCC2. The highest BCUT2D eigenvalue weighted by Crippen LogP contribution is 2.53. The lowest BCUT2D eigenvalue weighted by Crippen LogP contribution is -2.31. The average molecular weight is 170 g/mol. The summed E-state index contributed by atoms with van der Waals surface area (Å²) in [6.07, 6.45) is 3.83. The van der Waals surface area contributed by atoms with Gasteiger partial charge >= 0.3 is 0 Å². The van der Waals surface area contributed by atoms with Gasteiger partial charge < -0.3 is 15.8 Å². The first-order valence-corrected chi connectivity index (χ1v) is 4.89. The van der Waals surface area contributed by atoms with E-state index >= 15 is 0 Å². The molecule has 3 heteroatoms. The summed E-state index contributed by atoms with van der Waals surface area (Å²) in [4.78, 5) is 0. The molecule has 3 N–H and O–H groups in total. The maximum atomic E-state index is 5.44. The van der Waals surface area contributed by atoms with E-state index in [1.165, 1.54) is 19.3 Å². The smallest absolute Gasteiger partial charge is 0.0471 e. The van der Waals surface area contributed by atoms with Crippen molar-refractivity contribution in [3.05, 3.63) is 0 Å². The molecule has 1 saturated carbocycles. The van der Waals surface area contributed by atoms with Crippen molar-refractivity contribution in [2.45, 2.75) is 25.3 Å². The molecule has 0 radical (unpaired) electrons. The van der Waals surface area contributed by atoms with E-state index in [1.807, 2.05) is 0 Å². The monoisotopic (exact) mass is 170 g/mol. The lowest BCUT2D eigenvalue weighted by Gasteiger charge is -2.22. The molecule has 1 spiro atoms. The maximum absolute atomic E-state index is 5.44. The second-order valence-electron chi connectivity index (χ2n) is 3.97. The van der Waals surface area contributed by atoms with Crippen molar-refractivity contribution in [1.82, 2.24) is 5.32 Å². The minimum Gasteiger partial charge on any atom is -0.381 e. The molecule has 2 aliphatic rings. The molecule has 1 aliphatic carbocycles. The van der Waals surface area contributed by atoms with Gasteiger partial charge in [0.25, 0.3) is 0 Å². The second kappa shape index (κ2) is 3.32. The van der Waals surface area contributed by atoms with Crippen LogP contribution in [0.15, 0.2) is 0 Å². The third kappa shape index (κ3) is 1.49. The summed E-state index contributed by atoms with van der Waals surface area (Å²) in [5.41, 5.74) is 6.04. The van der Waals surface area contributed by atoms with E-state index in [1.54, 1.807) is 0 Å².